The van der Waals surface area contributed by atoms with E-state index in [2.05, 4.69) is 19.9 Å². The summed E-state index contributed by atoms with van der Waals surface area (Å²) in [7, 11) is -1.17. The lowest BCUT2D eigenvalue weighted by atomic mass is 10.3. The minimum Gasteiger partial charge on any atom is -0.257 e. The lowest BCUT2D eigenvalue weighted by Crippen LogP contribution is -2.21. The molecule has 0 spiro atoms. The molecule has 4 rings (SSSR count). The SMILES string of the molecule is O=S([C@@H]1Cc2nc(Cl)nc(Cl)c2S1)[C@@H]1Cc2nc(Cl)nc(Cl)c2S1. The Balaban J connectivity index is 1.55. The molecule has 0 unspecified atom stereocenters. The fourth-order valence-corrected chi connectivity index (χ4v) is 8.74. The Morgan fingerprint density at radius 2 is 1.21 bits per heavy atom. The van der Waals surface area contributed by atoms with Crippen molar-refractivity contribution in [1.29, 1.82) is 0 Å². The van der Waals surface area contributed by atoms with Gasteiger partial charge in [0, 0.05) is 23.6 Å². The van der Waals surface area contributed by atoms with E-state index in [1.165, 1.54) is 23.5 Å². The fraction of sp³-hybridized carbons (Fsp3) is 0.333. The van der Waals surface area contributed by atoms with Crippen LogP contribution in [0.4, 0.5) is 0 Å². The Hall–Kier alpha value is 0.170. The van der Waals surface area contributed by atoms with Gasteiger partial charge in [-0.1, -0.05) is 23.2 Å². The number of thioether (sulfide) groups is 2. The van der Waals surface area contributed by atoms with Crippen LogP contribution in [-0.2, 0) is 23.6 Å². The molecule has 0 saturated heterocycles. The van der Waals surface area contributed by atoms with Crippen molar-refractivity contribution in [3.63, 3.8) is 0 Å². The van der Waals surface area contributed by atoms with Crippen LogP contribution < -0.4 is 0 Å². The normalized spacial score (nSPS) is 22.0. The molecule has 0 fully saturated rings. The molecule has 0 aliphatic carbocycles. The van der Waals surface area contributed by atoms with E-state index >= 15 is 0 Å². The molecule has 2 aliphatic heterocycles. The Morgan fingerprint density at radius 1 is 0.792 bits per heavy atom. The van der Waals surface area contributed by atoms with Crippen molar-refractivity contribution >= 4 is 80.7 Å². The number of fused-ring (bicyclic) bond motifs is 2. The van der Waals surface area contributed by atoms with Crippen molar-refractivity contribution in [2.75, 3.05) is 0 Å². The molecule has 126 valence electrons. The molecule has 0 amide bonds. The topological polar surface area (TPSA) is 68.6 Å². The molecular formula is C12H6Cl4N4OS3. The van der Waals surface area contributed by atoms with Gasteiger partial charge in [-0.25, -0.2) is 19.9 Å². The Labute approximate surface area is 168 Å². The van der Waals surface area contributed by atoms with Crippen molar-refractivity contribution in [3.05, 3.63) is 32.3 Å². The van der Waals surface area contributed by atoms with E-state index in [9.17, 15) is 4.21 Å². The lowest BCUT2D eigenvalue weighted by molar-refractivity contribution is 0.677. The number of rotatable bonds is 2. The molecule has 0 saturated carbocycles. The third-order valence-electron chi connectivity index (χ3n) is 3.47. The molecule has 2 aromatic heterocycles. The molecule has 12 heteroatoms. The van der Waals surface area contributed by atoms with Crippen molar-refractivity contribution in [1.82, 2.24) is 19.9 Å². The van der Waals surface area contributed by atoms with E-state index in [0.29, 0.717) is 23.1 Å². The highest BCUT2D eigenvalue weighted by molar-refractivity contribution is 8.18. The third-order valence-corrected chi connectivity index (χ3v) is 9.85. The minimum absolute atomic E-state index is 0.102. The van der Waals surface area contributed by atoms with Gasteiger partial charge < -0.3 is 0 Å². The fourth-order valence-electron chi connectivity index (χ4n) is 2.48. The van der Waals surface area contributed by atoms with E-state index in [-0.39, 0.29) is 19.7 Å². The summed E-state index contributed by atoms with van der Waals surface area (Å²) in [6.07, 6.45) is 1.06. The van der Waals surface area contributed by atoms with Gasteiger partial charge in [-0.2, -0.15) is 0 Å². The van der Waals surface area contributed by atoms with Crippen LogP contribution in [0.3, 0.4) is 0 Å². The van der Waals surface area contributed by atoms with E-state index in [4.69, 9.17) is 46.4 Å². The molecule has 4 heterocycles. The monoisotopic (exact) mass is 458 g/mol. The van der Waals surface area contributed by atoms with Crippen LogP contribution in [-0.4, -0.2) is 33.3 Å². The highest BCUT2D eigenvalue weighted by atomic mass is 35.5. The number of aromatic nitrogens is 4. The second kappa shape index (κ2) is 6.72. The molecule has 0 N–H and O–H groups in total. The van der Waals surface area contributed by atoms with Crippen molar-refractivity contribution in [3.8, 4) is 0 Å². The van der Waals surface area contributed by atoms with Crippen LogP contribution >= 0.6 is 69.9 Å². The van der Waals surface area contributed by atoms with Gasteiger partial charge in [0.1, 0.15) is 10.3 Å². The van der Waals surface area contributed by atoms with E-state index in [0.717, 1.165) is 21.2 Å². The summed E-state index contributed by atoms with van der Waals surface area (Å²) in [6, 6.07) is 0. The van der Waals surface area contributed by atoms with Crippen LogP contribution in [0.25, 0.3) is 0 Å². The molecule has 2 aliphatic rings. The van der Waals surface area contributed by atoms with Crippen LogP contribution in [0.5, 0.6) is 0 Å². The second-order valence-corrected chi connectivity index (χ2v) is 11.2. The molecule has 0 bridgehead atoms. The molecule has 24 heavy (non-hydrogen) atoms. The maximum atomic E-state index is 13.0. The van der Waals surface area contributed by atoms with E-state index in [1.54, 1.807) is 0 Å². The zero-order valence-corrected chi connectivity index (χ0v) is 17.0. The number of hydrogen-bond donors (Lipinski definition) is 0. The predicted octanol–water partition coefficient (Wildman–Crippen LogP) is 4.28. The Morgan fingerprint density at radius 3 is 1.62 bits per heavy atom. The van der Waals surface area contributed by atoms with Gasteiger partial charge in [0.25, 0.3) is 0 Å². The average Bonchev–Trinajstić information content (AvgIpc) is 3.10. The Kier molecular flexibility index (Phi) is 4.92. The van der Waals surface area contributed by atoms with Crippen LogP contribution in [0.2, 0.25) is 20.9 Å². The number of nitrogens with zero attached hydrogens (tertiary/aromatic N) is 4. The summed E-state index contributed by atoms with van der Waals surface area (Å²) in [4.78, 5) is 17.7. The van der Waals surface area contributed by atoms with Crippen molar-refractivity contribution in [2.45, 2.75) is 31.8 Å². The summed E-state index contributed by atoms with van der Waals surface area (Å²) in [5, 5.41) is 0.811. The first-order valence-electron chi connectivity index (χ1n) is 6.59. The van der Waals surface area contributed by atoms with Crippen molar-refractivity contribution < 1.29 is 4.21 Å². The van der Waals surface area contributed by atoms with Crippen LogP contribution in [0, 0.1) is 0 Å². The van der Waals surface area contributed by atoms with E-state index < -0.39 is 10.8 Å². The van der Waals surface area contributed by atoms with Gasteiger partial charge in [0.2, 0.25) is 10.6 Å². The van der Waals surface area contributed by atoms with Gasteiger partial charge in [-0.15, -0.1) is 23.5 Å². The lowest BCUT2D eigenvalue weighted by Gasteiger charge is -2.13. The average molecular weight is 460 g/mol. The van der Waals surface area contributed by atoms with Gasteiger partial charge in [-0.3, -0.25) is 4.21 Å². The van der Waals surface area contributed by atoms with E-state index in [1.807, 2.05) is 0 Å². The number of hydrogen-bond acceptors (Lipinski definition) is 7. The van der Waals surface area contributed by atoms with Crippen molar-refractivity contribution in [2.24, 2.45) is 0 Å². The zero-order valence-electron chi connectivity index (χ0n) is 11.5. The zero-order chi connectivity index (χ0) is 17.0. The third kappa shape index (κ3) is 3.15. The highest BCUT2D eigenvalue weighted by Gasteiger charge is 2.39. The molecule has 0 aromatic carbocycles. The first-order valence-corrected chi connectivity index (χ1v) is 11.1. The van der Waals surface area contributed by atoms with Gasteiger partial charge in [-0.05, 0) is 23.2 Å². The molecule has 2 atom stereocenters. The van der Waals surface area contributed by atoms with Crippen LogP contribution in [0.1, 0.15) is 11.4 Å². The van der Waals surface area contributed by atoms with Gasteiger partial charge >= 0.3 is 0 Å². The Bertz CT molecular complexity index is 814. The number of halogens is 4. The quantitative estimate of drug-likeness (QED) is 0.490. The molecule has 0 radical (unpaired) electrons. The summed E-state index contributed by atoms with van der Waals surface area (Å²) >= 11 is 26.7. The molecular weight excluding hydrogens is 454 g/mol. The molecule has 5 nitrogen and oxygen atoms in total. The summed E-state index contributed by atoms with van der Waals surface area (Å²) in [5.41, 5.74) is 1.48. The standard InChI is InChI=1S/C12H6Cl4N4OS3/c13-9-7-3(17-11(15)19-9)1-5(22-7)24(21)6-2-4-8(23-6)10(14)20-12(16)18-4/h5-6H,1-2H2/t5-,6-/m1/s1. The molecule has 2 aromatic rings. The summed E-state index contributed by atoms with van der Waals surface area (Å²) < 4.78 is 12.7. The summed E-state index contributed by atoms with van der Waals surface area (Å²) in [6.45, 7) is 0. The first kappa shape index (κ1) is 17.6. The maximum absolute atomic E-state index is 13.0. The highest BCUT2D eigenvalue weighted by Crippen LogP contribution is 2.47. The van der Waals surface area contributed by atoms with Crippen LogP contribution in [0.15, 0.2) is 9.79 Å². The summed E-state index contributed by atoms with van der Waals surface area (Å²) in [5.74, 6) is 0. The van der Waals surface area contributed by atoms with Gasteiger partial charge in [0.05, 0.1) is 30.3 Å². The second-order valence-electron chi connectivity index (χ2n) is 4.95. The smallest absolute Gasteiger partial charge is 0.224 e. The maximum Gasteiger partial charge on any atom is 0.224 e. The first-order chi connectivity index (χ1) is 11.4. The predicted molar refractivity (Wildman–Crippen MR) is 98.9 cm³/mol. The largest absolute Gasteiger partial charge is 0.257 e. The minimum atomic E-state index is -1.17. The van der Waals surface area contributed by atoms with Gasteiger partial charge in [0.15, 0.2) is 0 Å².